The molecule has 1 heterocycles. The van der Waals surface area contributed by atoms with Gasteiger partial charge in [-0.15, -0.1) is 12.4 Å². The molecular weight excluding hydrogens is 290 g/mol. The van der Waals surface area contributed by atoms with Gasteiger partial charge in [0.05, 0.1) is 5.56 Å². The van der Waals surface area contributed by atoms with Gasteiger partial charge in [0, 0.05) is 30.2 Å². The third kappa shape index (κ3) is 3.81. The molecule has 2 atom stereocenters. The van der Waals surface area contributed by atoms with Gasteiger partial charge in [0.2, 0.25) is 0 Å². The van der Waals surface area contributed by atoms with E-state index in [0.29, 0.717) is 18.1 Å². The van der Waals surface area contributed by atoms with E-state index >= 15 is 0 Å². The highest BCUT2D eigenvalue weighted by Gasteiger charge is 2.27. The number of carbonyl (C=O) groups excluding carboxylic acids is 1. The number of piperazine rings is 1. The fraction of sp³-hybridized carbons (Fsp3) is 0.462. The van der Waals surface area contributed by atoms with Crippen LogP contribution in [-0.2, 0) is 0 Å². The highest BCUT2D eigenvalue weighted by molar-refractivity contribution is 6.31. The third-order valence-corrected chi connectivity index (χ3v) is 3.24. The fourth-order valence-corrected chi connectivity index (χ4v) is 2.50. The molecule has 6 heteroatoms. The van der Waals surface area contributed by atoms with Crippen molar-refractivity contribution < 1.29 is 9.18 Å². The van der Waals surface area contributed by atoms with Gasteiger partial charge in [0.25, 0.3) is 5.91 Å². The highest BCUT2D eigenvalue weighted by atomic mass is 35.5. The van der Waals surface area contributed by atoms with Crippen molar-refractivity contribution >= 4 is 29.9 Å². The van der Waals surface area contributed by atoms with E-state index in [1.807, 2.05) is 13.8 Å². The predicted octanol–water partition coefficient (Wildman–Crippen LogP) is 2.72. The van der Waals surface area contributed by atoms with Crippen LogP contribution < -0.4 is 5.32 Å². The first-order chi connectivity index (χ1) is 8.47. The largest absolute Gasteiger partial charge is 0.335 e. The Bertz CT molecular complexity index is 460. The maximum absolute atomic E-state index is 13.6. The van der Waals surface area contributed by atoms with Gasteiger partial charge in [-0.2, -0.15) is 0 Å². The van der Waals surface area contributed by atoms with Crippen molar-refractivity contribution in [3.63, 3.8) is 0 Å². The number of rotatable bonds is 1. The minimum Gasteiger partial charge on any atom is -0.335 e. The van der Waals surface area contributed by atoms with Crippen LogP contribution in [0.2, 0.25) is 5.02 Å². The van der Waals surface area contributed by atoms with Crippen LogP contribution in [0.1, 0.15) is 24.2 Å². The van der Waals surface area contributed by atoms with Gasteiger partial charge in [-0.3, -0.25) is 4.79 Å². The van der Waals surface area contributed by atoms with E-state index in [1.165, 1.54) is 18.2 Å². The quantitative estimate of drug-likeness (QED) is 0.865. The van der Waals surface area contributed by atoms with Gasteiger partial charge in [0.1, 0.15) is 5.82 Å². The topological polar surface area (TPSA) is 32.3 Å². The van der Waals surface area contributed by atoms with Crippen LogP contribution in [0.3, 0.4) is 0 Å². The second-order valence-electron chi connectivity index (χ2n) is 4.80. The van der Waals surface area contributed by atoms with E-state index in [4.69, 9.17) is 11.6 Å². The molecule has 0 spiro atoms. The Morgan fingerprint density at radius 1 is 1.37 bits per heavy atom. The average molecular weight is 307 g/mol. The summed E-state index contributed by atoms with van der Waals surface area (Å²) in [6.45, 7) is 5.17. The fourth-order valence-electron chi connectivity index (χ4n) is 2.32. The molecule has 1 aromatic rings. The first-order valence-electron chi connectivity index (χ1n) is 5.97. The van der Waals surface area contributed by atoms with Crippen molar-refractivity contribution in [2.24, 2.45) is 0 Å². The first-order valence-corrected chi connectivity index (χ1v) is 6.35. The van der Waals surface area contributed by atoms with Crippen LogP contribution in [0.5, 0.6) is 0 Å². The van der Waals surface area contributed by atoms with E-state index < -0.39 is 5.82 Å². The third-order valence-electron chi connectivity index (χ3n) is 3.00. The molecule has 1 aromatic carbocycles. The smallest absolute Gasteiger partial charge is 0.256 e. The molecule has 0 saturated carbocycles. The Balaban J connectivity index is 0.00000180. The van der Waals surface area contributed by atoms with Crippen LogP contribution >= 0.6 is 24.0 Å². The standard InChI is InChI=1S/C13H16ClFN2O.ClH/c1-8-6-17(7-9(2)16-8)13(18)11-5-10(14)3-4-12(11)15;/h3-5,8-9,16H,6-7H2,1-2H3;1H. The predicted molar refractivity (Wildman–Crippen MR) is 76.6 cm³/mol. The minimum atomic E-state index is -0.525. The highest BCUT2D eigenvalue weighted by Crippen LogP contribution is 2.18. The summed E-state index contributed by atoms with van der Waals surface area (Å²) >= 11 is 5.81. The molecule has 1 amide bonds. The molecule has 1 N–H and O–H groups in total. The number of hydrogen-bond acceptors (Lipinski definition) is 2. The summed E-state index contributed by atoms with van der Waals surface area (Å²) < 4.78 is 13.6. The lowest BCUT2D eigenvalue weighted by molar-refractivity contribution is 0.0669. The number of halogens is 3. The molecule has 0 aromatic heterocycles. The lowest BCUT2D eigenvalue weighted by Gasteiger charge is -2.36. The number of benzene rings is 1. The molecule has 2 rings (SSSR count). The van der Waals surface area contributed by atoms with Crippen molar-refractivity contribution in [3.8, 4) is 0 Å². The monoisotopic (exact) mass is 306 g/mol. The summed E-state index contributed by atoms with van der Waals surface area (Å²) in [5.41, 5.74) is 0.0452. The normalized spacial score (nSPS) is 22.8. The van der Waals surface area contributed by atoms with Crippen molar-refractivity contribution in [3.05, 3.63) is 34.6 Å². The average Bonchev–Trinajstić information content (AvgIpc) is 2.30. The first kappa shape index (κ1) is 16.2. The van der Waals surface area contributed by atoms with Crippen molar-refractivity contribution in [2.45, 2.75) is 25.9 Å². The Kier molecular flexibility index (Phi) is 5.59. The zero-order valence-electron chi connectivity index (χ0n) is 10.8. The molecule has 19 heavy (non-hydrogen) atoms. The maximum atomic E-state index is 13.6. The second-order valence-corrected chi connectivity index (χ2v) is 5.24. The molecule has 0 aliphatic carbocycles. The Hall–Kier alpha value is -0.840. The molecule has 106 valence electrons. The lowest BCUT2D eigenvalue weighted by atomic mass is 10.1. The van der Waals surface area contributed by atoms with Crippen LogP contribution in [0.25, 0.3) is 0 Å². The zero-order chi connectivity index (χ0) is 13.3. The van der Waals surface area contributed by atoms with Gasteiger partial charge in [-0.25, -0.2) is 4.39 Å². The SMILES string of the molecule is CC1CN(C(=O)c2cc(Cl)ccc2F)CC(C)N1.Cl. The lowest BCUT2D eigenvalue weighted by Crippen LogP contribution is -2.55. The molecule has 1 aliphatic rings. The van der Waals surface area contributed by atoms with Crippen molar-refractivity contribution in [1.29, 1.82) is 0 Å². The number of carbonyl (C=O) groups is 1. The number of nitrogens with zero attached hydrogens (tertiary/aromatic N) is 1. The molecule has 1 fully saturated rings. The van der Waals surface area contributed by atoms with E-state index in [2.05, 4.69) is 5.32 Å². The molecule has 0 bridgehead atoms. The number of amides is 1. The Morgan fingerprint density at radius 3 is 2.53 bits per heavy atom. The van der Waals surface area contributed by atoms with Gasteiger partial charge in [0.15, 0.2) is 0 Å². The van der Waals surface area contributed by atoms with Crippen LogP contribution in [0.4, 0.5) is 4.39 Å². The summed E-state index contributed by atoms with van der Waals surface area (Å²) in [6.07, 6.45) is 0. The molecular formula is C13H17Cl2FN2O. The summed E-state index contributed by atoms with van der Waals surface area (Å²) in [5, 5.41) is 3.70. The van der Waals surface area contributed by atoms with E-state index in [0.717, 1.165) is 0 Å². The summed E-state index contributed by atoms with van der Waals surface area (Å²) in [4.78, 5) is 13.9. The van der Waals surface area contributed by atoms with Crippen LogP contribution in [0.15, 0.2) is 18.2 Å². The van der Waals surface area contributed by atoms with Gasteiger partial charge >= 0.3 is 0 Å². The van der Waals surface area contributed by atoms with E-state index in [1.54, 1.807) is 4.90 Å². The molecule has 1 aliphatic heterocycles. The van der Waals surface area contributed by atoms with Crippen molar-refractivity contribution in [2.75, 3.05) is 13.1 Å². The van der Waals surface area contributed by atoms with Gasteiger partial charge < -0.3 is 10.2 Å². The maximum Gasteiger partial charge on any atom is 0.256 e. The number of hydrogen-bond donors (Lipinski definition) is 1. The molecule has 1 saturated heterocycles. The van der Waals surface area contributed by atoms with Gasteiger partial charge in [-0.05, 0) is 32.0 Å². The Morgan fingerprint density at radius 2 is 1.95 bits per heavy atom. The molecule has 3 nitrogen and oxygen atoms in total. The molecule has 0 radical (unpaired) electrons. The number of nitrogens with one attached hydrogen (secondary N) is 1. The zero-order valence-corrected chi connectivity index (χ0v) is 12.4. The van der Waals surface area contributed by atoms with Crippen LogP contribution in [0, 0.1) is 5.82 Å². The van der Waals surface area contributed by atoms with E-state index in [9.17, 15) is 9.18 Å². The summed E-state index contributed by atoms with van der Waals surface area (Å²) in [6, 6.07) is 4.47. The molecule has 2 unspecified atom stereocenters. The van der Waals surface area contributed by atoms with Gasteiger partial charge in [-0.1, -0.05) is 11.6 Å². The Labute approximate surface area is 123 Å². The summed E-state index contributed by atoms with van der Waals surface area (Å²) in [7, 11) is 0. The van der Waals surface area contributed by atoms with E-state index in [-0.39, 0.29) is 36.0 Å². The van der Waals surface area contributed by atoms with Crippen LogP contribution in [-0.4, -0.2) is 36.0 Å². The second kappa shape index (κ2) is 6.55. The summed E-state index contributed by atoms with van der Waals surface area (Å²) in [5.74, 6) is -0.821. The minimum absolute atomic E-state index is 0. The van der Waals surface area contributed by atoms with Crippen molar-refractivity contribution in [1.82, 2.24) is 10.2 Å².